The maximum Gasteiger partial charge on any atom is 0.249 e. The van der Waals surface area contributed by atoms with Crippen LogP contribution >= 0.6 is 0 Å². The summed E-state index contributed by atoms with van der Waals surface area (Å²) in [7, 11) is 0. The van der Waals surface area contributed by atoms with E-state index in [1.807, 2.05) is 0 Å². The van der Waals surface area contributed by atoms with Gasteiger partial charge < -0.3 is 16.2 Å². The summed E-state index contributed by atoms with van der Waals surface area (Å²) in [6, 6.07) is 4.36. The smallest absolute Gasteiger partial charge is 0.249 e. The minimum absolute atomic E-state index is 0.260. The first-order chi connectivity index (χ1) is 8.09. The summed E-state index contributed by atoms with van der Waals surface area (Å²) in [4.78, 5) is 26.4. The monoisotopic (exact) mass is 233 g/mol. The van der Waals surface area contributed by atoms with Crippen molar-refractivity contribution in [3.63, 3.8) is 0 Å². The van der Waals surface area contributed by atoms with Gasteiger partial charge in [0.2, 0.25) is 17.7 Å². The van der Waals surface area contributed by atoms with Gasteiger partial charge in [0.1, 0.15) is 6.61 Å². The number of nitrogens with two attached hydrogens (primary N) is 2. The molecule has 0 bridgehead atoms. The number of nitrogens with zero attached hydrogens (tertiary/aromatic N) is 1. The van der Waals surface area contributed by atoms with Crippen LogP contribution in [0.25, 0.3) is 0 Å². The predicted molar refractivity (Wildman–Crippen MR) is 60.8 cm³/mol. The van der Waals surface area contributed by atoms with Crippen molar-refractivity contribution in [2.24, 2.45) is 16.5 Å². The Kier molecular flexibility index (Phi) is 2.78. The summed E-state index contributed by atoms with van der Waals surface area (Å²) in [5, 5.41) is 0. The first kappa shape index (κ1) is 11.1. The number of hydrogen-bond donors (Lipinski definition) is 2. The molecule has 1 aromatic rings. The summed E-state index contributed by atoms with van der Waals surface area (Å²) in [6.07, 6.45) is 0. The van der Waals surface area contributed by atoms with Crippen molar-refractivity contribution in [1.29, 1.82) is 0 Å². The molecule has 0 atom stereocenters. The van der Waals surface area contributed by atoms with Gasteiger partial charge in [-0.25, -0.2) is 4.99 Å². The van der Waals surface area contributed by atoms with E-state index in [2.05, 4.69) is 4.99 Å². The Morgan fingerprint density at radius 1 is 1.24 bits per heavy atom. The lowest BCUT2D eigenvalue weighted by Gasteiger charge is -2.07. The molecular weight excluding hydrogens is 222 g/mol. The van der Waals surface area contributed by atoms with Crippen LogP contribution in [0.4, 0.5) is 0 Å². The molecule has 0 spiro atoms. The maximum atomic E-state index is 11.3. The van der Waals surface area contributed by atoms with Crippen molar-refractivity contribution in [1.82, 2.24) is 0 Å². The van der Waals surface area contributed by atoms with E-state index in [-0.39, 0.29) is 11.1 Å². The van der Waals surface area contributed by atoms with Crippen molar-refractivity contribution in [3.05, 3.63) is 34.9 Å². The summed E-state index contributed by atoms with van der Waals surface area (Å²) >= 11 is 0. The van der Waals surface area contributed by atoms with Gasteiger partial charge in [-0.1, -0.05) is 0 Å². The number of primary amides is 2. The highest BCUT2D eigenvalue weighted by Gasteiger charge is 2.19. The lowest BCUT2D eigenvalue weighted by Crippen LogP contribution is -2.19. The zero-order valence-corrected chi connectivity index (χ0v) is 8.97. The average molecular weight is 233 g/mol. The SMILES string of the molecule is NC(=O)c1ccc(C(N)=O)c(C2=NCCO2)c1. The summed E-state index contributed by atoms with van der Waals surface area (Å²) in [5.41, 5.74) is 11.4. The molecule has 6 nitrogen and oxygen atoms in total. The van der Waals surface area contributed by atoms with Crippen molar-refractivity contribution in [2.75, 3.05) is 13.2 Å². The van der Waals surface area contributed by atoms with Crippen molar-refractivity contribution in [3.8, 4) is 0 Å². The third-order valence-electron chi connectivity index (χ3n) is 2.39. The number of benzene rings is 1. The minimum Gasteiger partial charge on any atom is -0.475 e. The fraction of sp³-hybridized carbons (Fsp3) is 0.182. The first-order valence-corrected chi connectivity index (χ1v) is 5.01. The van der Waals surface area contributed by atoms with Gasteiger partial charge in [0, 0.05) is 11.1 Å². The normalized spacial score (nSPS) is 14.0. The molecule has 0 unspecified atom stereocenters. The van der Waals surface area contributed by atoms with E-state index in [1.54, 1.807) is 0 Å². The van der Waals surface area contributed by atoms with Crippen LogP contribution in [0.1, 0.15) is 26.3 Å². The fourth-order valence-electron chi connectivity index (χ4n) is 1.59. The molecule has 88 valence electrons. The number of hydrogen-bond acceptors (Lipinski definition) is 4. The van der Waals surface area contributed by atoms with Gasteiger partial charge in [0.15, 0.2) is 0 Å². The molecule has 6 heteroatoms. The zero-order valence-electron chi connectivity index (χ0n) is 8.97. The zero-order chi connectivity index (χ0) is 12.4. The topological polar surface area (TPSA) is 108 Å². The molecule has 0 aromatic heterocycles. The van der Waals surface area contributed by atoms with Crippen molar-refractivity contribution < 1.29 is 14.3 Å². The molecule has 0 saturated heterocycles. The number of carbonyl (C=O) groups is 2. The molecule has 1 aromatic carbocycles. The van der Waals surface area contributed by atoms with Crippen LogP contribution in [0.15, 0.2) is 23.2 Å². The second kappa shape index (κ2) is 4.25. The second-order valence-electron chi connectivity index (χ2n) is 3.52. The third-order valence-corrected chi connectivity index (χ3v) is 2.39. The highest BCUT2D eigenvalue weighted by atomic mass is 16.5. The number of carbonyl (C=O) groups excluding carboxylic acids is 2. The van der Waals surface area contributed by atoms with Crippen molar-refractivity contribution >= 4 is 17.7 Å². The molecule has 0 fully saturated rings. The van der Waals surface area contributed by atoms with E-state index in [0.29, 0.717) is 24.6 Å². The Balaban J connectivity index is 2.54. The van der Waals surface area contributed by atoms with Gasteiger partial charge in [0.25, 0.3) is 0 Å². The Labute approximate surface area is 97.3 Å². The molecular formula is C11H11N3O3. The second-order valence-corrected chi connectivity index (χ2v) is 3.52. The largest absolute Gasteiger partial charge is 0.475 e. The van der Waals surface area contributed by atoms with Gasteiger partial charge in [-0.15, -0.1) is 0 Å². The van der Waals surface area contributed by atoms with E-state index >= 15 is 0 Å². The molecule has 2 amide bonds. The summed E-state index contributed by atoms with van der Waals surface area (Å²) in [5.74, 6) is -0.864. The van der Waals surface area contributed by atoms with E-state index in [9.17, 15) is 9.59 Å². The number of amides is 2. The first-order valence-electron chi connectivity index (χ1n) is 5.01. The van der Waals surface area contributed by atoms with Crippen LogP contribution in [0.3, 0.4) is 0 Å². The van der Waals surface area contributed by atoms with E-state index in [4.69, 9.17) is 16.2 Å². The molecule has 17 heavy (non-hydrogen) atoms. The van der Waals surface area contributed by atoms with Gasteiger partial charge in [-0.2, -0.15) is 0 Å². The Bertz CT molecular complexity index is 523. The molecule has 1 heterocycles. The highest BCUT2D eigenvalue weighted by Crippen LogP contribution is 2.16. The van der Waals surface area contributed by atoms with E-state index in [0.717, 1.165) is 0 Å². The Morgan fingerprint density at radius 2 is 2.00 bits per heavy atom. The van der Waals surface area contributed by atoms with E-state index in [1.165, 1.54) is 18.2 Å². The third kappa shape index (κ3) is 2.10. The lowest BCUT2D eigenvalue weighted by atomic mass is 10.0. The predicted octanol–water partition coefficient (Wildman–Crippen LogP) is -0.339. The number of rotatable bonds is 3. The lowest BCUT2D eigenvalue weighted by molar-refractivity contribution is 0.0988. The van der Waals surface area contributed by atoms with Gasteiger partial charge >= 0.3 is 0 Å². The molecule has 0 aliphatic carbocycles. The maximum absolute atomic E-state index is 11.3. The molecule has 0 saturated carbocycles. The van der Waals surface area contributed by atoms with Crippen LogP contribution < -0.4 is 11.5 Å². The molecule has 2 rings (SSSR count). The van der Waals surface area contributed by atoms with Crippen LogP contribution in [0.5, 0.6) is 0 Å². The van der Waals surface area contributed by atoms with Crippen LogP contribution in [0, 0.1) is 0 Å². The highest BCUT2D eigenvalue weighted by molar-refractivity contribution is 6.08. The Hall–Kier alpha value is -2.37. The van der Waals surface area contributed by atoms with Gasteiger partial charge in [0.05, 0.1) is 12.1 Å². The summed E-state index contributed by atoms with van der Waals surface area (Å²) < 4.78 is 5.25. The quantitative estimate of drug-likeness (QED) is 0.745. The molecule has 1 aliphatic rings. The molecule has 4 N–H and O–H groups in total. The summed E-state index contributed by atoms with van der Waals surface area (Å²) in [6.45, 7) is 0.975. The average Bonchev–Trinajstić information content (AvgIpc) is 2.81. The Morgan fingerprint density at radius 3 is 2.53 bits per heavy atom. The van der Waals surface area contributed by atoms with Gasteiger partial charge in [-0.05, 0) is 18.2 Å². The minimum atomic E-state index is -0.603. The van der Waals surface area contributed by atoms with Crippen LogP contribution in [-0.2, 0) is 4.74 Å². The van der Waals surface area contributed by atoms with Gasteiger partial charge in [-0.3, -0.25) is 9.59 Å². The molecule has 0 radical (unpaired) electrons. The van der Waals surface area contributed by atoms with Crippen molar-refractivity contribution in [2.45, 2.75) is 0 Å². The van der Waals surface area contributed by atoms with Crippen LogP contribution in [-0.4, -0.2) is 30.9 Å². The standard InChI is InChI=1S/C11H11N3O3/c12-9(15)6-1-2-7(10(13)16)8(5-6)11-14-3-4-17-11/h1-2,5H,3-4H2,(H2,12,15)(H2,13,16). The number of aliphatic imine (C=N–C) groups is 1. The van der Waals surface area contributed by atoms with E-state index < -0.39 is 11.8 Å². The fourth-order valence-corrected chi connectivity index (χ4v) is 1.59. The molecule has 1 aliphatic heterocycles. The van der Waals surface area contributed by atoms with Crippen LogP contribution in [0.2, 0.25) is 0 Å². The number of ether oxygens (including phenoxy) is 1.